The summed E-state index contributed by atoms with van der Waals surface area (Å²) in [6.45, 7) is 0.792. The molecule has 0 aliphatic rings. The summed E-state index contributed by atoms with van der Waals surface area (Å²) in [4.78, 5) is 18.9. The number of aromatic nitrogens is 2. The van der Waals surface area contributed by atoms with Crippen LogP contribution < -0.4 is 5.56 Å². The Bertz CT molecular complexity index is 1030. The third-order valence-corrected chi connectivity index (χ3v) is 3.78. The molecule has 4 nitrogen and oxygen atoms in total. The minimum Gasteiger partial charge on any atom is -0.309 e. The first-order valence-electron chi connectivity index (χ1n) is 7.95. The summed E-state index contributed by atoms with van der Waals surface area (Å²) in [5, 5.41) is 0. The number of rotatable bonds is 3. The van der Waals surface area contributed by atoms with Crippen molar-refractivity contribution >= 4 is 5.65 Å². The van der Waals surface area contributed by atoms with E-state index in [2.05, 4.69) is 16.8 Å². The normalized spacial score (nSPS) is 10.7. The Kier molecular flexibility index (Phi) is 4.92. The van der Waals surface area contributed by atoms with Crippen LogP contribution in [-0.4, -0.2) is 34.9 Å². The molecule has 0 N–H and O–H groups in total. The van der Waals surface area contributed by atoms with Gasteiger partial charge in [-0.2, -0.15) is 0 Å². The highest BCUT2D eigenvalue weighted by Crippen LogP contribution is 2.05. The quantitative estimate of drug-likeness (QED) is 0.690. The maximum absolute atomic E-state index is 13.2. The van der Waals surface area contributed by atoms with Crippen molar-refractivity contribution in [2.45, 2.75) is 6.42 Å². The topological polar surface area (TPSA) is 37.6 Å². The lowest BCUT2D eigenvalue weighted by Gasteiger charge is -2.09. The van der Waals surface area contributed by atoms with Crippen LogP contribution in [0.25, 0.3) is 5.65 Å². The molecule has 0 fully saturated rings. The molecule has 0 unspecified atom stereocenters. The molecule has 2 heterocycles. The molecule has 5 heteroatoms. The maximum atomic E-state index is 13.2. The fourth-order valence-electron chi connectivity index (χ4n) is 2.42. The molecule has 0 amide bonds. The first-order chi connectivity index (χ1) is 12.0. The summed E-state index contributed by atoms with van der Waals surface area (Å²) in [6, 6.07) is 9.65. The molecule has 0 saturated carbocycles. The van der Waals surface area contributed by atoms with E-state index in [-0.39, 0.29) is 11.4 Å². The van der Waals surface area contributed by atoms with Gasteiger partial charge in [-0.05, 0) is 50.8 Å². The fourth-order valence-corrected chi connectivity index (χ4v) is 2.42. The van der Waals surface area contributed by atoms with E-state index in [0.29, 0.717) is 23.2 Å². The molecule has 0 radical (unpaired) electrons. The van der Waals surface area contributed by atoms with Crippen LogP contribution in [0, 0.1) is 17.7 Å². The fraction of sp³-hybridized carbons (Fsp3) is 0.200. The van der Waals surface area contributed by atoms with Gasteiger partial charge in [-0.15, -0.1) is 0 Å². The Morgan fingerprint density at radius 2 is 1.92 bits per heavy atom. The van der Waals surface area contributed by atoms with Gasteiger partial charge in [-0.25, -0.2) is 9.37 Å². The van der Waals surface area contributed by atoms with E-state index in [1.54, 1.807) is 36.7 Å². The monoisotopic (exact) mass is 335 g/mol. The van der Waals surface area contributed by atoms with Gasteiger partial charge in [0.05, 0.1) is 0 Å². The van der Waals surface area contributed by atoms with Crippen molar-refractivity contribution < 1.29 is 4.39 Å². The van der Waals surface area contributed by atoms with Gasteiger partial charge in [0.2, 0.25) is 0 Å². The average molecular weight is 335 g/mol. The smallest absolute Gasteiger partial charge is 0.261 e. The number of fused-ring (bicyclic) bond motifs is 1. The van der Waals surface area contributed by atoms with E-state index >= 15 is 0 Å². The Hall–Kier alpha value is -2.97. The molecule has 3 rings (SSSR count). The second-order valence-electron chi connectivity index (χ2n) is 6.05. The summed E-state index contributed by atoms with van der Waals surface area (Å²) in [5.74, 6) is 5.57. The Morgan fingerprint density at radius 3 is 2.64 bits per heavy atom. The lowest BCUT2D eigenvalue weighted by Crippen LogP contribution is -2.23. The lowest BCUT2D eigenvalue weighted by molar-refractivity contribution is 0.412. The predicted octanol–water partition coefficient (Wildman–Crippen LogP) is 2.34. The molecule has 0 spiro atoms. The second-order valence-corrected chi connectivity index (χ2v) is 6.05. The molecule has 126 valence electrons. The van der Waals surface area contributed by atoms with Gasteiger partial charge in [-0.1, -0.05) is 17.9 Å². The van der Waals surface area contributed by atoms with Crippen LogP contribution in [0.3, 0.4) is 0 Å². The van der Waals surface area contributed by atoms with Crippen molar-refractivity contribution in [3.63, 3.8) is 0 Å². The van der Waals surface area contributed by atoms with Crippen molar-refractivity contribution in [2.75, 3.05) is 20.6 Å². The third-order valence-electron chi connectivity index (χ3n) is 3.78. The summed E-state index contributed by atoms with van der Waals surface area (Å²) in [7, 11) is 3.94. The molecule has 0 aliphatic heterocycles. The average Bonchev–Trinajstić information content (AvgIpc) is 2.59. The lowest BCUT2D eigenvalue weighted by atomic mass is 10.2. The van der Waals surface area contributed by atoms with E-state index in [0.717, 1.165) is 12.1 Å². The van der Waals surface area contributed by atoms with Crippen LogP contribution >= 0.6 is 0 Å². The zero-order valence-corrected chi connectivity index (χ0v) is 14.2. The maximum Gasteiger partial charge on any atom is 0.261 e. The highest BCUT2D eigenvalue weighted by molar-refractivity contribution is 5.50. The number of nitrogens with zero attached hydrogens (tertiary/aromatic N) is 3. The molecule has 0 bridgehead atoms. The predicted molar refractivity (Wildman–Crippen MR) is 96.1 cm³/mol. The van der Waals surface area contributed by atoms with Gasteiger partial charge in [0.15, 0.2) is 0 Å². The van der Waals surface area contributed by atoms with Gasteiger partial charge < -0.3 is 4.90 Å². The molecule has 25 heavy (non-hydrogen) atoms. The molecule has 1 aromatic carbocycles. The SMILES string of the molecule is CN(C)CCc1cnc2cc(C#Cc3cccc(F)c3)ccn2c1=O. The van der Waals surface area contributed by atoms with Crippen molar-refractivity contribution in [3.8, 4) is 11.8 Å². The zero-order chi connectivity index (χ0) is 17.8. The van der Waals surface area contributed by atoms with Crippen molar-refractivity contribution in [1.82, 2.24) is 14.3 Å². The Morgan fingerprint density at radius 1 is 1.16 bits per heavy atom. The van der Waals surface area contributed by atoms with Crippen molar-refractivity contribution in [2.24, 2.45) is 0 Å². The molecule has 0 aliphatic carbocycles. The highest BCUT2D eigenvalue weighted by atomic mass is 19.1. The number of pyridine rings is 1. The largest absolute Gasteiger partial charge is 0.309 e. The minimum atomic E-state index is -0.316. The third kappa shape index (κ3) is 4.11. The molecule has 0 saturated heterocycles. The zero-order valence-electron chi connectivity index (χ0n) is 14.2. The van der Waals surface area contributed by atoms with Crippen LogP contribution in [0.5, 0.6) is 0 Å². The number of hydrogen-bond acceptors (Lipinski definition) is 3. The van der Waals surface area contributed by atoms with Gasteiger partial charge in [-0.3, -0.25) is 9.20 Å². The standard InChI is InChI=1S/C20H18FN3O/c1-23(2)10-9-17-14-22-19-13-16(8-11-24(19)20(17)25)7-6-15-4-3-5-18(21)12-15/h3-5,8,11-14H,9-10H2,1-2H3. The van der Waals surface area contributed by atoms with Crippen LogP contribution in [0.15, 0.2) is 53.6 Å². The summed E-state index contributed by atoms with van der Waals surface area (Å²) in [6.07, 6.45) is 3.97. The van der Waals surface area contributed by atoms with Crippen LogP contribution in [0.2, 0.25) is 0 Å². The molecule has 2 aromatic heterocycles. The number of benzene rings is 1. The van der Waals surface area contributed by atoms with Gasteiger partial charge in [0.1, 0.15) is 11.5 Å². The van der Waals surface area contributed by atoms with E-state index in [1.165, 1.54) is 16.5 Å². The van der Waals surface area contributed by atoms with E-state index in [4.69, 9.17) is 0 Å². The highest BCUT2D eigenvalue weighted by Gasteiger charge is 2.05. The van der Waals surface area contributed by atoms with Crippen LogP contribution in [0.4, 0.5) is 4.39 Å². The molecular weight excluding hydrogens is 317 g/mol. The van der Waals surface area contributed by atoms with Crippen LogP contribution in [-0.2, 0) is 6.42 Å². The Labute approximate surface area is 145 Å². The van der Waals surface area contributed by atoms with Gasteiger partial charge in [0, 0.05) is 35.6 Å². The number of hydrogen-bond donors (Lipinski definition) is 0. The van der Waals surface area contributed by atoms with Crippen molar-refractivity contribution in [3.05, 3.63) is 81.7 Å². The molecule has 0 atom stereocenters. The first-order valence-corrected chi connectivity index (χ1v) is 7.95. The molecular formula is C20H18FN3O. The van der Waals surface area contributed by atoms with Crippen molar-refractivity contribution in [1.29, 1.82) is 0 Å². The van der Waals surface area contributed by atoms with E-state index in [9.17, 15) is 9.18 Å². The van der Waals surface area contributed by atoms with E-state index < -0.39 is 0 Å². The summed E-state index contributed by atoms with van der Waals surface area (Å²) in [5.41, 5.74) is 2.49. The minimum absolute atomic E-state index is 0.0588. The second kappa shape index (κ2) is 7.29. The van der Waals surface area contributed by atoms with Crippen LogP contribution in [0.1, 0.15) is 16.7 Å². The molecule has 3 aromatic rings. The Balaban J connectivity index is 1.91. The number of likely N-dealkylation sites (N-methyl/N-ethyl adjacent to an activating group) is 1. The number of halogens is 1. The summed E-state index contributed by atoms with van der Waals surface area (Å²) >= 11 is 0. The first kappa shape index (κ1) is 16.9. The van der Waals surface area contributed by atoms with E-state index in [1.807, 2.05) is 19.0 Å². The summed E-state index contributed by atoms with van der Waals surface area (Å²) < 4.78 is 14.7. The van der Waals surface area contributed by atoms with Gasteiger partial charge in [0.25, 0.3) is 5.56 Å². The van der Waals surface area contributed by atoms with Gasteiger partial charge >= 0.3 is 0 Å².